The second-order valence-corrected chi connectivity index (χ2v) is 6.91. The molecule has 0 aromatic heterocycles. The van der Waals surface area contributed by atoms with Gasteiger partial charge in [0.25, 0.3) is 0 Å². The molecule has 20 heavy (non-hydrogen) atoms. The molecule has 1 heterocycles. The van der Waals surface area contributed by atoms with E-state index in [9.17, 15) is 0 Å². The standard InChI is InChI=1S/C14H16Br2N2O2/c1-19-8-20-9-4-6-14(7-5-9)17-12-10(15)2-3-11(16)13(12)18-14/h2-3,9H,4-8H2,1H3. The first-order valence-electron chi connectivity index (χ1n) is 6.68. The number of rotatable bonds is 3. The third-order valence-electron chi connectivity index (χ3n) is 3.85. The van der Waals surface area contributed by atoms with Gasteiger partial charge in [0.2, 0.25) is 0 Å². The summed E-state index contributed by atoms with van der Waals surface area (Å²) in [5.41, 5.74) is -0.290. The summed E-state index contributed by atoms with van der Waals surface area (Å²) in [4.78, 5) is 9.77. The topological polar surface area (TPSA) is 43.2 Å². The minimum absolute atomic E-state index is 0.265. The van der Waals surface area contributed by atoms with Crippen molar-refractivity contribution in [1.29, 1.82) is 0 Å². The maximum Gasteiger partial charge on any atom is 0.151 e. The molecule has 1 aliphatic heterocycles. The van der Waals surface area contributed by atoms with Gasteiger partial charge in [-0.25, -0.2) is 0 Å². The van der Waals surface area contributed by atoms with Gasteiger partial charge in [0.1, 0.15) is 17.5 Å². The molecule has 1 aliphatic carbocycles. The zero-order valence-corrected chi connectivity index (χ0v) is 14.4. The summed E-state index contributed by atoms with van der Waals surface area (Å²) in [6.45, 7) is 0.364. The van der Waals surface area contributed by atoms with E-state index in [2.05, 4.69) is 31.9 Å². The average molecular weight is 404 g/mol. The highest BCUT2D eigenvalue weighted by molar-refractivity contribution is 9.11. The molecule has 0 amide bonds. The second-order valence-electron chi connectivity index (χ2n) is 5.21. The molecule has 6 heteroatoms. The average Bonchev–Trinajstić information content (AvgIpc) is 2.83. The largest absolute Gasteiger partial charge is 0.359 e. The fraction of sp³-hybridized carbons (Fsp3) is 0.571. The van der Waals surface area contributed by atoms with Crippen LogP contribution in [0.3, 0.4) is 0 Å². The summed E-state index contributed by atoms with van der Waals surface area (Å²) in [6, 6.07) is 4.02. The van der Waals surface area contributed by atoms with E-state index in [1.54, 1.807) is 7.11 Å². The number of methoxy groups -OCH3 is 1. The van der Waals surface area contributed by atoms with Crippen molar-refractivity contribution >= 4 is 31.9 Å². The molecule has 0 saturated heterocycles. The Kier molecular flexibility index (Phi) is 4.26. The minimum Gasteiger partial charge on any atom is -0.359 e. The molecule has 0 N–H and O–H groups in total. The summed E-state index contributed by atoms with van der Waals surface area (Å²) in [7, 11) is 1.65. The molecule has 1 saturated carbocycles. The molecule has 0 bridgehead atoms. The number of hydrogen-bond acceptors (Lipinski definition) is 4. The van der Waals surface area contributed by atoms with Crippen LogP contribution in [0.4, 0.5) is 0 Å². The van der Waals surface area contributed by atoms with E-state index in [1.807, 2.05) is 12.1 Å². The van der Waals surface area contributed by atoms with Crippen LogP contribution in [0.2, 0.25) is 0 Å². The normalized spacial score (nSPS) is 20.6. The molecule has 1 fully saturated rings. The van der Waals surface area contributed by atoms with Gasteiger partial charge in [-0.3, -0.25) is 9.98 Å². The molecule has 108 valence electrons. The zero-order valence-electron chi connectivity index (χ0n) is 11.2. The quantitative estimate of drug-likeness (QED) is 0.728. The van der Waals surface area contributed by atoms with Crippen LogP contribution in [0, 0.1) is 0 Å². The molecule has 0 radical (unpaired) electrons. The molecule has 1 aromatic rings. The van der Waals surface area contributed by atoms with E-state index in [-0.39, 0.29) is 11.8 Å². The third kappa shape index (κ3) is 2.71. The summed E-state index contributed by atoms with van der Waals surface area (Å²) < 4.78 is 12.6. The van der Waals surface area contributed by atoms with Gasteiger partial charge in [-0.05, 0) is 69.7 Å². The first-order valence-corrected chi connectivity index (χ1v) is 8.26. The molecule has 2 aliphatic rings. The second kappa shape index (κ2) is 5.83. The van der Waals surface area contributed by atoms with Crippen LogP contribution in [0.15, 0.2) is 31.1 Å². The maximum absolute atomic E-state index is 5.64. The van der Waals surface area contributed by atoms with Gasteiger partial charge >= 0.3 is 0 Å². The van der Waals surface area contributed by atoms with Gasteiger partial charge in [-0.2, -0.15) is 0 Å². The van der Waals surface area contributed by atoms with Crippen LogP contribution in [-0.4, -0.2) is 25.7 Å². The van der Waals surface area contributed by atoms with E-state index in [0.717, 1.165) is 45.3 Å². The number of halogens is 2. The Morgan fingerprint density at radius 3 is 2.20 bits per heavy atom. The Balaban J connectivity index is 1.82. The monoisotopic (exact) mass is 402 g/mol. The summed E-state index contributed by atoms with van der Waals surface area (Å²) >= 11 is 7.12. The summed E-state index contributed by atoms with van der Waals surface area (Å²) in [5, 5.41) is 1.94. The van der Waals surface area contributed by atoms with E-state index in [1.165, 1.54) is 0 Å². The fourth-order valence-corrected chi connectivity index (χ4v) is 3.61. The van der Waals surface area contributed by atoms with Crippen LogP contribution in [0.25, 0.3) is 0 Å². The predicted octanol–water partition coefficient (Wildman–Crippen LogP) is 2.72. The molecular weight excluding hydrogens is 388 g/mol. The van der Waals surface area contributed by atoms with Crippen LogP contribution < -0.4 is 10.7 Å². The van der Waals surface area contributed by atoms with Crippen LogP contribution in [-0.2, 0) is 9.47 Å². The first kappa shape index (κ1) is 14.6. The summed E-state index contributed by atoms with van der Waals surface area (Å²) in [5.74, 6) is 0. The Morgan fingerprint density at radius 1 is 1.15 bits per heavy atom. The smallest absolute Gasteiger partial charge is 0.151 e. The highest BCUT2D eigenvalue weighted by Gasteiger charge is 2.37. The van der Waals surface area contributed by atoms with E-state index in [0.29, 0.717) is 6.79 Å². The van der Waals surface area contributed by atoms with Crippen molar-refractivity contribution in [2.75, 3.05) is 13.9 Å². The van der Waals surface area contributed by atoms with Gasteiger partial charge in [-0.15, -0.1) is 0 Å². The van der Waals surface area contributed by atoms with Gasteiger partial charge in [0, 0.05) is 16.1 Å². The molecule has 0 atom stereocenters. The molecule has 4 nitrogen and oxygen atoms in total. The lowest BCUT2D eigenvalue weighted by Crippen LogP contribution is -2.33. The lowest BCUT2D eigenvalue weighted by atomic mass is 9.88. The number of ether oxygens (including phenoxy) is 2. The molecular formula is C14H16Br2N2O2. The van der Waals surface area contributed by atoms with E-state index in [4.69, 9.17) is 19.5 Å². The Morgan fingerprint density at radius 2 is 1.70 bits per heavy atom. The van der Waals surface area contributed by atoms with Gasteiger partial charge < -0.3 is 9.47 Å². The van der Waals surface area contributed by atoms with Crippen molar-refractivity contribution in [3.8, 4) is 0 Å². The van der Waals surface area contributed by atoms with Crippen molar-refractivity contribution in [3.63, 3.8) is 0 Å². The molecule has 1 aromatic carbocycles. The van der Waals surface area contributed by atoms with Crippen molar-refractivity contribution in [3.05, 3.63) is 31.8 Å². The predicted molar refractivity (Wildman–Crippen MR) is 82.1 cm³/mol. The van der Waals surface area contributed by atoms with E-state index < -0.39 is 0 Å². The molecule has 0 unspecified atom stereocenters. The van der Waals surface area contributed by atoms with Crippen LogP contribution >= 0.6 is 31.9 Å². The van der Waals surface area contributed by atoms with Crippen molar-refractivity contribution in [2.24, 2.45) is 9.98 Å². The van der Waals surface area contributed by atoms with Crippen LogP contribution in [0.1, 0.15) is 25.7 Å². The lowest BCUT2D eigenvalue weighted by Gasteiger charge is -2.32. The highest BCUT2D eigenvalue weighted by atomic mass is 79.9. The first-order chi connectivity index (χ1) is 9.63. The Labute approximate surface area is 134 Å². The van der Waals surface area contributed by atoms with Gasteiger partial charge in [0.05, 0.1) is 6.10 Å². The number of hydrogen-bond donors (Lipinski definition) is 0. The Hall–Kier alpha value is -0.300. The minimum atomic E-state index is -0.290. The van der Waals surface area contributed by atoms with Crippen molar-refractivity contribution < 1.29 is 9.47 Å². The van der Waals surface area contributed by atoms with Crippen molar-refractivity contribution in [2.45, 2.75) is 37.5 Å². The SMILES string of the molecule is COCOC1CCC2(CC1)N=c1c(Br)ccc(Br)c1=N2. The highest BCUT2D eigenvalue weighted by Crippen LogP contribution is 2.35. The third-order valence-corrected chi connectivity index (χ3v) is 5.13. The lowest BCUT2D eigenvalue weighted by molar-refractivity contribution is -0.0868. The maximum atomic E-state index is 5.64. The van der Waals surface area contributed by atoms with Gasteiger partial charge in [0.15, 0.2) is 5.66 Å². The van der Waals surface area contributed by atoms with E-state index >= 15 is 0 Å². The number of benzene rings is 1. The number of fused-ring (bicyclic) bond motifs is 1. The number of nitrogens with zero attached hydrogens (tertiary/aromatic N) is 2. The molecule has 3 rings (SSSR count). The zero-order chi connectivity index (χ0) is 14.2. The summed E-state index contributed by atoms with van der Waals surface area (Å²) in [6.07, 6.45) is 4.06. The molecule has 1 spiro atoms. The van der Waals surface area contributed by atoms with Crippen LogP contribution in [0.5, 0.6) is 0 Å². The Bertz CT molecular complexity index is 582. The fourth-order valence-electron chi connectivity index (χ4n) is 2.79. The van der Waals surface area contributed by atoms with Crippen molar-refractivity contribution in [1.82, 2.24) is 0 Å². The van der Waals surface area contributed by atoms with Gasteiger partial charge in [-0.1, -0.05) is 0 Å².